The van der Waals surface area contributed by atoms with E-state index in [0.29, 0.717) is 29.7 Å². The predicted octanol–water partition coefficient (Wildman–Crippen LogP) is 4.28. The molecule has 0 radical (unpaired) electrons. The van der Waals surface area contributed by atoms with E-state index in [1.807, 2.05) is 36.4 Å². The minimum Gasteiger partial charge on any atom is -0.370 e. The van der Waals surface area contributed by atoms with Crippen LogP contribution in [-0.4, -0.2) is 37.6 Å². The first-order valence-electron chi connectivity index (χ1n) is 8.03. The van der Waals surface area contributed by atoms with Crippen LogP contribution in [0.4, 0.5) is 0 Å². The van der Waals surface area contributed by atoms with Crippen molar-refractivity contribution in [1.82, 2.24) is 4.90 Å². The van der Waals surface area contributed by atoms with Crippen LogP contribution in [0, 0.1) is 0 Å². The van der Waals surface area contributed by atoms with Gasteiger partial charge in [-0.3, -0.25) is 4.79 Å². The number of hydrogen-bond donors (Lipinski definition) is 0. The lowest BCUT2D eigenvalue weighted by molar-refractivity contribution is -0.150. The van der Waals surface area contributed by atoms with E-state index >= 15 is 0 Å². The molecule has 0 bridgehead atoms. The van der Waals surface area contributed by atoms with Gasteiger partial charge in [-0.05, 0) is 23.3 Å². The van der Waals surface area contributed by atoms with Crippen LogP contribution in [0.2, 0.25) is 10.0 Å². The summed E-state index contributed by atoms with van der Waals surface area (Å²) in [6.07, 6.45) is -0.852. The van der Waals surface area contributed by atoms with Crippen molar-refractivity contribution in [1.29, 1.82) is 0 Å². The smallest absolute Gasteiger partial charge is 0.256 e. The molecule has 4 nitrogen and oxygen atoms in total. The van der Waals surface area contributed by atoms with Crippen molar-refractivity contribution in [3.63, 3.8) is 0 Å². The van der Waals surface area contributed by atoms with Crippen LogP contribution >= 0.6 is 23.2 Å². The highest BCUT2D eigenvalue weighted by atomic mass is 35.5. The fourth-order valence-electron chi connectivity index (χ4n) is 2.94. The van der Waals surface area contributed by atoms with Gasteiger partial charge in [0.05, 0.1) is 23.2 Å². The first-order valence-corrected chi connectivity index (χ1v) is 8.79. The maximum absolute atomic E-state index is 12.9. The average Bonchev–Trinajstić information content (AvgIpc) is 2.65. The third-order valence-electron chi connectivity index (χ3n) is 4.26. The van der Waals surface area contributed by atoms with Crippen LogP contribution in [-0.2, 0) is 14.3 Å². The zero-order valence-corrected chi connectivity index (χ0v) is 15.3. The molecular weight excluding hydrogens is 361 g/mol. The summed E-state index contributed by atoms with van der Waals surface area (Å²) in [4.78, 5) is 14.7. The summed E-state index contributed by atoms with van der Waals surface area (Å²) in [5, 5.41) is 0.975. The van der Waals surface area contributed by atoms with E-state index in [-0.39, 0.29) is 12.0 Å². The Morgan fingerprint density at radius 1 is 1.20 bits per heavy atom. The molecule has 1 heterocycles. The molecule has 1 saturated heterocycles. The number of hydrogen-bond acceptors (Lipinski definition) is 3. The molecule has 25 heavy (non-hydrogen) atoms. The van der Waals surface area contributed by atoms with Gasteiger partial charge in [0.15, 0.2) is 6.10 Å². The molecule has 6 heteroatoms. The quantitative estimate of drug-likeness (QED) is 0.795. The standard InChI is InChI=1S/C19H19Cl2NO3/c1-24-18(13-5-3-2-4-6-13)19(23)22-9-10-25-17(12-22)14-7-8-15(20)16(21)11-14/h2-8,11,17-18H,9-10,12H2,1H3/t17?,18-/m1/s1. The number of nitrogens with zero attached hydrogens (tertiary/aromatic N) is 1. The van der Waals surface area contributed by atoms with Gasteiger partial charge >= 0.3 is 0 Å². The molecule has 132 valence electrons. The Labute approximate surface area is 157 Å². The van der Waals surface area contributed by atoms with Crippen molar-refractivity contribution in [3.8, 4) is 0 Å². The van der Waals surface area contributed by atoms with Gasteiger partial charge in [0.1, 0.15) is 6.10 Å². The molecule has 3 rings (SSSR count). The molecule has 1 aliphatic rings. The van der Waals surface area contributed by atoms with E-state index in [9.17, 15) is 4.79 Å². The lowest BCUT2D eigenvalue weighted by Crippen LogP contribution is -2.44. The second kappa shape index (κ2) is 8.19. The molecule has 1 aliphatic heterocycles. The Hall–Kier alpha value is -1.59. The molecule has 0 aromatic heterocycles. The molecule has 2 atom stereocenters. The first-order chi connectivity index (χ1) is 12.1. The topological polar surface area (TPSA) is 38.8 Å². The number of halogens is 2. The molecular formula is C19H19Cl2NO3. The van der Waals surface area contributed by atoms with Crippen LogP contribution in [0.25, 0.3) is 0 Å². The largest absolute Gasteiger partial charge is 0.370 e. The number of benzene rings is 2. The Morgan fingerprint density at radius 2 is 1.96 bits per heavy atom. The summed E-state index contributed by atoms with van der Waals surface area (Å²) in [6, 6.07) is 14.9. The third kappa shape index (κ3) is 4.15. The molecule has 1 fully saturated rings. The lowest BCUT2D eigenvalue weighted by atomic mass is 10.1. The highest BCUT2D eigenvalue weighted by Gasteiger charge is 2.31. The summed E-state index contributed by atoms with van der Waals surface area (Å²) >= 11 is 12.1. The number of carbonyl (C=O) groups is 1. The SMILES string of the molecule is CO[C@@H](C(=O)N1CCOC(c2ccc(Cl)c(Cl)c2)C1)c1ccccc1. The van der Waals surface area contributed by atoms with E-state index in [0.717, 1.165) is 11.1 Å². The Balaban J connectivity index is 1.76. The summed E-state index contributed by atoms with van der Waals surface area (Å²) in [6.45, 7) is 1.44. The van der Waals surface area contributed by atoms with Gasteiger partial charge in [0, 0.05) is 13.7 Å². The third-order valence-corrected chi connectivity index (χ3v) is 4.99. The number of ether oxygens (including phenoxy) is 2. The van der Waals surface area contributed by atoms with Crippen LogP contribution in [0.15, 0.2) is 48.5 Å². The maximum Gasteiger partial charge on any atom is 0.256 e. The van der Waals surface area contributed by atoms with Gasteiger partial charge in [-0.15, -0.1) is 0 Å². The maximum atomic E-state index is 12.9. The first kappa shape index (κ1) is 18.2. The van der Waals surface area contributed by atoms with E-state index in [1.165, 1.54) is 0 Å². The van der Waals surface area contributed by atoms with Crippen molar-refractivity contribution in [3.05, 3.63) is 69.7 Å². The lowest BCUT2D eigenvalue weighted by Gasteiger charge is -2.35. The van der Waals surface area contributed by atoms with Crippen LogP contribution in [0.5, 0.6) is 0 Å². The van der Waals surface area contributed by atoms with Crippen molar-refractivity contribution in [2.75, 3.05) is 26.8 Å². The minimum atomic E-state index is -0.617. The molecule has 2 aromatic rings. The highest BCUT2D eigenvalue weighted by Crippen LogP contribution is 2.30. The molecule has 1 amide bonds. The zero-order chi connectivity index (χ0) is 17.8. The molecule has 0 aliphatic carbocycles. The van der Waals surface area contributed by atoms with E-state index in [1.54, 1.807) is 24.1 Å². The molecule has 0 N–H and O–H groups in total. The average molecular weight is 380 g/mol. The van der Waals surface area contributed by atoms with Crippen LogP contribution in [0.3, 0.4) is 0 Å². The van der Waals surface area contributed by atoms with E-state index in [2.05, 4.69) is 0 Å². The van der Waals surface area contributed by atoms with Gasteiger partial charge in [0.2, 0.25) is 0 Å². The zero-order valence-electron chi connectivity index (χ0n) is 13.8. The Kier molecular flexibility index (Phi) is 5.97. The summed E-state index contributed by atoms with van der Waals surface area (Å²) in [5.74, 6) is -0.0675. The summed E-state index contributed by atoms with van der Waals surface area (Å²) < 4.78 is 11.3. The Bertz CT molecular complexity index is 739. The molecule has 0 saturated carbocycles. The normalized spacial score (nSPS) is 18.8. The van der Waals surface area contributed by atoms with Crippen LogP contribution < -0.4 is 0 Å². The second-order valence-corrected chi connectivity index (χ2v) is 6.66. The van der Waals surface area contributed by atoms with Crippen LogP contribution in [0.1, 0.15) is 23.3 Å². The number of methoxy groups -OCH3 is 1. The number of carbonyl (C=O) groups excluding carboxylic acids is 1. The summed E-state index contributed by atoms with van der Waals surface area (Å²) in [5.41, 5.74) is 1.74. The fourth-order valence-corrected chi connectivity index (χ4v) is 3.24. The van der Waals surface area contributed by atoms with Crippen molar-refractivity contribution in [2.24, 2.45) is 0 Å². The van der Waals surface area contributed by atoms with Crippen molar-refractivity contribution < 1.29 is 14.3 Å². The highest BCUT2D eigenvalue weighted by molar-refractivity contribution is 6.42. The van der Waals surface area contributed by atoms with E-state index < -0.39 is 6.10 Å². The van der Waals surface area contributed by atoms with Gasteiger partial charge in [-0.25, -0.2) is 0 Å². The fraction of sp³-hybridized carbons (Fsp3) is 0.316. The van der Waals surface area contributed by atoms with Crippen molar-refractivity contribution >= 4 is 29.1 Å². The van der Waals surface area contributed by atoms with E-state index in [4.69, 9.17) is 32.7 Å². The van der Waals surface area contributed by atoms with Gasteiger partial charge in [-0.1, -0.05) is 59.6 Å². The monoisotopic (exact) mass is 379 g/mol. The Morgan fingerprint density at radius 3 is 2.64 bits per heavy atom. The van der Waals surface area contributed by atoms with Gasteiger partial charge in [0.25, 0.3) is 5.91 Å². The molecule has 0 spiro atoms. The second-order valence-electron chi connectivity index (χ2n) is 5.84. The number of amides is 1. The minimum absolute atomic E-state index is 0.0675. The molecule has 2 aromatic carbocycles. The molecule has 1 unspecified atom stereocenters. The van der Waals surface area contributed by atoms with Gasteiger partial charge < -0.3 is 14.4 Å². The number of rotatable bonds is 4. The predicted molar refractivity (Wildman–Crippen MR) is 97.9 cm³/mol. The van der Waals surface area contributed by atoms with Crippen molar-refractivity contribution in [2.45, 2.75) is 12.2 Å². The van der Waals surface area contributed by atoms with Gasteiger partial charge in [-0.2, -0.15) is 0 Å². The summed E-state index contributed by atoms with van der Waals surface area (Å²) in [7, 11) is 1.55. The number of morpholine rings is 1.